The molecule has 0 amide bonds. The van der Waals surface area contributed by atoms with Gasteiger partial charge >= 0.3 is 11.6 Å². The van der Waals surface area contributed by atoms with Crippen LogP contribution in [0.2, 0.25) is 0 Å². The lowest BCUT2D eigenvalue weighted by atomic mass is 9.98. The normalized spacial score (nSPS) is 36.5. The summed E-state index contributed by atoms with van der Waals surface area (Å²) in [5, 5.41) is 28.6. The lowest BCUT2D eigenvalue weighted by Gasteiger charge is -2.37. The van der Waals surface area contributed by atoms with Gasteiger partial charge in [-0.3, -0.25) is 9.36 Å². The quantitative estimate of drug-likeness (QED) is 0.530. The average molecular weight is 274 g/mol. The molecule has 0 aliphatic carbocycles. The number of nitrogens with zero attached hydrogens (tertiary/aromatic N) is 2. The Morgan fingerprint density at radius 3 is 2.84 bits per heavy atom. The van der Waals surface area contributed by atoms with Crippen LogP contribution in [0.4, 0.5) is 4.39 Å². The number of fused-ring (bicyclic) bond motifs is 3. The first-order valence-corrected chi connectivity index (χ1v) is 5.60. The van der Waals surface area contributed by atoms with Gasteiger partial charge in [-0.05, 0) is 0 Å². The van der Waals surface area contributed by atoms with Crippen molar-refractivity contribution in [2.75, 3.05) is 6.61 Å². The Morgan fingerprint density at radius 2 is 2.16 bits per heavy atom. The highest BCUT2D eigenvalue weighted by molar-refractivity contribution is 5.11. The van der Waals surface area contributed by atoms with E-state index in [9.17, 15) is 19.4 Å². The number of aromatic nitrogens is 2. The lowest BCUT2D eigenvalue weighted by Crippen LogP contribution is -2.56. The van der Waals surface area contributed by atoms with Crippen molar-refractivity contribution < 1.29 is 29.2 Å². The Kier molecular flexibility index (Phi) is 2.78. The zero-order chi connectivity index (χ0) is 13.7. The number of hydrogen-bond acceptors (Lipinski definition) is 7. The molecule has 5 atom stereocenters. The molecule has 1 saturated heterocycles. The molecule has 3 rings (SSSR count). The van der Waals surface area contributed by atoms with Gasteiger partial charge in [-0.1, -0.05) is 0 Å². The molecule has 8 nitrogen and oxygen atoms in total. The summed E-state index contributed by atoms with van der Waals surface area (Å²) in [5.41, 5.74) is -1.08. The standard InChI is InChI=1S/C10H11FN2O6/c11-3-1-13-9-7(19-10(13)12-8(3)17)6(16)5(15)4(2-14)18-9/h1,4-7,9,14-16H,2H2/t4-,5-,6-,7+,9-/m1/s1. The van der Waals surface area contributed by atoms with Gasteiger partial charge in [0.05, 0.1) is 12.8 Å². The van der Waals surface area contributed by atoms with Gasteiger partial charge in [-0.2, -0.15) is 9.37 Å². The number of halogens is 1. The van der Waals surface area contributed by atoms with Gasteiger partial charge in [-0.25, -0.2) is 0 Å². The number of aliphatic hydroxyl groups excluding tert-OH is 3. The molecule has 3 N–H and O–H groups in total. The van der Waals surface area contributed by atoms with Gasteiger partial charge in [0, 0.05) is 0 Å². The average Bonchev–Trinajstić information content (AvgIpc) is 2.72. The maximum absolute atomic E-state index is 13.2. The number of aliphatic hydroxyl groups is 3. The van der Waals surface area contributed by atoms with Crippen LogP contribution in [0, 0.1) is 5.82 Å². The molecule has 0 bridgehead atoms. The second kappa shape index (κ2) is 4.23. The Bertz CT molecular complexity index is 563. The number of ether oxygens (including phenoxy) is 2. The van der Waals surface area contributed by atoms with Gasteiger partial charge in [0.25, 0.3) is 0 Å². The first kappa shape index (κ1) is 12.5. The number of rotatable bonds is 1. The molecule has 19 heavy (non-hydrogen) atoms. The van der Waals surface area contributed by atoms with Crippen LogP contribution < -0.4 is 10.3 Å². The van der Waals surface area contributed by atoms with Crippen molar-refractivity contribution in [3.05, 3.63) is 22.4 Å². The molecule has 1 fully saturated rings. The Labute approximate surface area is 105 Å². The maximum Gasteiger partial charge on any atom is 0.311 e. The van der Waals surface area contributed by atoms with Crippen LogP contribution in [0.3, 0.4) is 0 Å². The highest BCUT2D eigenvalue weighted by Crippen LogP contribution is 2.37. The summed E-state index contributed by atoms with van der Waals surface area (Å²) in [4.78, 5) is 14.4. The third-order valence-corrected chi connectivity index (χ3v) is 3.23. The minimum absolute atomic E-state index is 0.203. The summed E-state index contributed by atoms with van der Waals surface area (Å²) in [7, 11) is 0. The number of hydrogen-bond donors (Lipinski definition) is 3. The molecule has 1 aromatic rings. The summed E-state index contributed by atoms with van der Waals surface area (Å²) < 4.78 is 24.9. The van der Waals surface area contributed by atoms with E-state index in [1.165, 1.54) is 0 Å². The van der Waals surface area contributed by atoms with Crippen molar-refractivity contribution in [3.63, 3.8) is 0 Å². The van der Waals surface area contributed by atoms with Crippen LogP contribution in [0.5, 0.6) is 6.01 Å². The van der Waals surface area contributed by atoms with Crippen LogP contribution >= 0.6 is 0 Å². The largest absolute Gasteiger partial charge is 0.453 e. The van der Waals surface area contributed by atoms with Gasteiger partial charge in [-0.15, -0.1) is 0 Å². The Hall–Kier alpha value is -1.55. The molecule has 2 aliphatic rings. The third kappa shape index (κ3) is 1.74. The zero-order valence-corrected chi connectivity index (χ0v) is 9.51. The first-order chi connectivity index (χ1) is 9.02. The fourth-order valence-corrected chi connectivity index (χ4v) is 2.24. The lowest BCUT2D eigenvalue weighted by molar-refractivity contribution is -0.228. The van der Waals surface area contributed by atoms with Gasteiger partial charge in [0.1, 0.15) is 18.3 Å². The smallest absolute Gasteiger partial charge is 0.311 e. The molecule has 0 saturated carbocycles. The second-order valence-corrected chi connectivity index (χ2v) is 4.40. The maximum atomic E-state index is 13.2. The summed E-state index contributed by atoms with van der Waals surface area (Å²) in [5.74, 6) is -1.09. The van der Waals surface area contributed by atoms with Crippen LogP contribution in [-0.4, -0.2) is 55.9 Å². The molecule has 0 spiro atoms. The molecule has 3 heterocycles. The highest BCUT2D eigenvalue weighted by Gasteiger charge is 2.50. The SMILES string of the molecule is O=c1nc2n(cc1F)[C@@H]1O[C@H](CO)[C@@H](O)[C@@H](O)[C@@H]1O2. The van der Waals surface area contributed by atoms with Crippen molar-refractivity contribution in [1.29, 1.82) is 0 Å². The first-order valence-electron chi connectivity index (χ1n) is 5.60. The van der Waals surface area contributed by atoms with Crippen molar-refractivity contribution >= 4 is 0 Å². The predicted octanol–water partition coefficient (Wildman–Crippen LogP) is -2.25. The molecule has 2 aliphatic heterocycles. The highest BCUT2D eigenvalue weighted by atomic mass is 19.1. The summed E-state index contributed by atoms with van der Waals surface area (Å²) in [6.45, 7) is -0.521. The fourth-order valence-electron chi connectivity index (χ4n) is 2.24. The van der Waals surface area contributed by atoms with Crippen molar-refractivity contribution in [2.24, 2.45) is 0 Å². The molecule has 1 aromatic heterocycles. The van der Waals surface area contributed by atoms with Crippen molar-refractivity contribution in [1.82, 2.24) is 9.55 Å². The van der Waals surface area contributed by atoms with E-state index < -0.39 is 48.6 Å². The molecule has 0 unspecified atom stereocenters. The molecule has 9 heteroatoms. The topological polar surface area (TPSA) is 114 Å². The Balaban J connectivity index is 2.01. The molecule has 0 radical (unpaired) electrons. The zero-order valence-electron chi connectivity index (χ0n) is 9.51. The van der Waals surface area contributed by atoms with E-state index in [2.05, 4.69) is 4.98 Å². The van der Waals surface area contributed by atoms with Crippen LogP contribution in [-0.2, 0) is 4.74 Å². The van der Waals surface area contributed by atoms with Gasteiger partial charge < -0.3 is 24.8 Å². The van der Waals surface area contributed by atoms with Crippen molar-refractivity contribution in [3.8, 4) is 6.01 Å². The van der Waals surface area contributed by atoms with Gasteiger partial charge in [0.15, 0.2) is 12.3 Å². The summed E-state index contributed by atoms with van der Waals surface area (Å²) in [6, 6.07) is -0.203. The van der Waals surface area contributed by atoms with E-state index >= 15 is 0 Å². The summed E-state index contributed by atoms with van der Waals surface area (Å²) in [6.07, 6.45) is -4.87. The van der Waals surface area contributed by atoms with E-state index in [1.54, 1.807) is 0 Å². The minimum atomic E-state index is -1.35. The van der Waals surface area contributed by atoms with E-state index in [1.807, 2.05) is 0 Å². The monoisotopic (exact) mass is 274 g/mol. The third-order valence-electron chi connectivity index (χ3n) is 3.23. The second-order valence-electron chi connectivity index (χ2n) is 4.40. The Morgan fingerprint density at radius 1 is 1.42 bits per heavy atom. The van der Waals surface area contributed by atoms with E-state index in [4.69, 9.17) is 14.6 Å². The van der Waals surface area contributed by atoms with E-state index in [-0.39, 0.29) is 6.01 Å². The molecular weight excluding hydrogens is 263 g/mol. The molecule has 0 aromatic carbocycles. The summed E-state index contributed by atoms with van der Waals surface area (Å²) >= 11 is 0. The minimum Gasteiger partial charge on any atom is -0.453 e. The predicted molar refractivity (Wildman–Crippen MR) is 55.9 cm³/mol. The van der Waals surface area contributed by atoms with Crippen LogP contribution in [0.25, 0.3) is 0 Å². The van der Waals surface area contributed by atoms with Crippen LogP contribution in [0.1, 0.15) is 6.23 Å². The van der Waals surface area contributed by atoms with Crippen molar-refractivity contribution in [2.45, 2.75) is 30.6 Å². The van der Waals surface area contributed by atoms with Gasteiger partial charge in [0.2, 0.25) is 5.82 Å². The van der Waals surface area contributed by atoms with E-state index in [0.29, 0.717) is 0 Å². The van der Waals surface area contributed by atoms with Crippen LogP contribution in [0.15, 0.2) is 11.0 Å². The van der Waals surface area contributed by atoms with E-state index in [0.717, 1.165) is 10.8 Å². The fraction of sp³-hybridized carbons (Fsp3) is 0.600. The molecule has 104 valence electrons. The molecular formula is C10H11FN2O6.